The van der Waals surface area contributed by atoms with Crippen LogP contribution in [0.3, 0.4) is 0 Å². The van der Waals surface area contributed by atoms with Crippen molar-refractivity contribution in [2.75, 3.05) is 7.11 Å². The quantitative estimate of drug-likeness (QED) is 0.928. The van der Waals surface area contributed by atoms with E-state index in [2.05, 4.69) is 5.10 Å². The Morgan fingerprint density at radius 1 is 1.44 bits per heavy atom. The summed E-state index contributed by atoms with van der Waals surface area (Å²) in [4.78, 5) is 0. The molecule has 0 spiro atoms. The standard InChI is InChI=1S/C13H16ClN3O/c1-8(15)13-11(5-4-6-12(13)18-3)17-7-10(14)9(2)16-17/h4-8H,15H2,1-3H3. The van der Waals surface area contributed by atoms with Crippen LogP contribution < -0.4 is 10.5 Å². The predicted molar refractivity (Wildman–Crippen MR) is 72.5 cm³/mol. The third kappa shape index (κ3) is 2.21. The number of aromatic nitrogens is 2. The summed E-state index contributed by atoms with van der Waals surface area (Å²) in [5.41, 5.74) is 8.61. The maximum absolute atomic E-state index is 6.04. The zero-order valence-corrected chi connectivity index (χ0v) is 11.4. The Kier molecular flexibility index (Phi) is 3.59. The van der Waals surface area contributed by atoms with E-state index in [1.54, 1.807) is 18.0 Å². The highest BCUT2D eigenvalue weighted by Crippen LogP contribution is 2.30. The maximum atomic E-state index is 6.04. The molecule has 0 radical (unpaired) electrons. The first kappa shape index (κ1) is 12.9. The second-order valence-corrected chi connectivity index (χ2v) is 4.60. The van der Waals surface area contributed by atoms with Gasteiger partial charge in [0.1, 0.15) is 5.75 Å². The van der Waals surface area contributed by atoms with Crippen molar-refractivity contribution in [3.63, 3.8) is 0 Å². The second-order valence-electron chi connectivity index (χ2n) is 4.19. The van der Waals surface area contributed by atoms with Crippen LogP contribution in [0, 0.1) is 6.92 Å². The number of nitrogens with two attached hydrogens (primary N) is 1. The number of methoxy groups -OCH3 is 1. The lowest BCUT2D eigenvalue weighted by Crippen LogP contribution is -2.12. The first-order valence-corrected chi connectivity index (χ1v) is 6.07. The molecule has 5 heteroatoms. The molecule has 0 aliphatic rings. The summed E-state index contributed by atoms with van der Waals surface area (Å²) in [7, 11) is 1.63. The molecule has 1 heterocycles. The average molecular weight is 266 g/mol. The summed E-state index contributed by atoms with van der Waals surface area (Å²) in [5.74, 6) is 0.756. The smallest absolute Gasteiger partial charge is 0.125 e. The van der Waals surface area contributed by atoms with Crippen molar-refractivity contribution in [3.05, 3.63) is 40.7 Å². The van der Waals surface area contributed by atoms with Gasteiger partial charge in [0.15, 0.2) is 0 Å². The minimum atomic E-state index is -0.153. The van der Waals surface area contributed by atoms with Gasteiger partial charge in [-0.05, 0) is 26.0 Å². The van der Waals surface area contributed by atoms with Crippen LogP contribution in [-0.2, 0) is 0 Å². The van der Waals surface area contributed by atoms with E-state index in [0.717, 1.165) is 22.7 Å². The Hall–Kier alpha value is -1.52. The van der Waals surface area contributed by atoms with Gasteiger partial charge >= 0.3 is 0 Å². The number of aryl methyl sites for hydroxylation is 1. The number of hydrogen-bond acceptors (Lipinski definition) is 3. The molecule has 0 fully saturated rings. The lowest BCUT2D eigenvalue weighted by atomic mass is 10.1. The second kappa shape index (κ2) is 5.00. The molecule has 18 heavy (non-hydrogen) atoms. The van der Waals surface area contributed by atoms with Crippen molar-refractivity contribution >= 4 is 11.6 Å². The average Bonchev–Trinajstić information content (AvgIpc) is 2.68. The van der Waals surface area contributed by atoms with E-state index in [1.807, 2.05) is 32.0 Å². The molecule has 2 aromatic rings. The molecule has 0 aliphatic heterocycles. The van der Waals surface area contributed by atoms with E-state index in [4.69, 9.17) is 22.1 Å². The van der Waals surface area contributed by atoms with Gasteiger partial charge in [-0.3, -0.25) is 0 Å². The van der Waals surface area contributed by atoms with Crippen molar-refractivity contribution in [1.29, 1.82) is 0 Å². The first-order chi connectivity index (χ1) is 8.54. The van der Waals surface area contributed by atoms with E-state index >= 15 is 0 Å². The maximum Gasteiger partial charge on any atom is 0.125 e. The minimum absolute atomic E-state index is 0.153. The zero-order chi connectivity index (χ0) is 13.3. The molecule has 0 saturated heterocycles. The van der Waals surface area contributed by atoms with Gasteiger partial charge in [-0.1, -0.05) is 17.7 Å². The molecule has 2 rings (SSSR count). The number of nitrogens with zero attached hydrogens (tertiary/aromatic N) is 2. The SMILES string of the molecule is COc1cccc(-n2cc(Cl)c(C)n2)c1C(C)N. The van der Waals surface area contributed by atoms with Crippen molar-refractivity contribution in [3.8, 4) is 11.4 Å². The van der Waals surface area contributed by atoms with Gasteiger partial charge in [-0.2, -0.15) is 5.10 Å². The first-order valence-electron chi connectivity index (χ1n) is 5.69. The molecule has 4 nitrogen and oxygen atoms in total. The van der Waals surface area contributed by atoms with Crippen LogP contribution in [-0.4, -0.2) is 16.9 Å². The molecule has 0 amide bonds. The van der Waals surface area contributed by atoms with Crippen LogP contribution in [0.4, 0.5) is 0 Å². The van der Waals surface area contributed by atoms with Gasteiger partial charge in [-0.15, -0.1) is 0 Å². The molecule has 1 atom stereocenters. The van der Waals surface area contributed by atoms with Gasteiger partial charge in [0.05, 0.1) is 23.5 Å². The van der Waals surface area contributed by atoms with E-state index in [0.29, 0.717) is 5.02 Å². The Labute approximate surface area is 111 Å². The Morgan fingerprint density at radius 2 is 2.17 bits per heavy atom. The van der Waals surface area contributed by atoms with Crippen LogP contribution in [0.2, 0.25) is 5.02 Å². The van der Waals surface area contributed by atoms with Gasteiger partial charge in [0.25, 0.3) is 0 Å². The van der Waals surface area contributed by atoms with Crippen molar-refractivity contribution in [1.82, 2.24) is 9.78 Å². The van der Waals surface area contributed by atoms with Crippen molar-refractivity contribution < 1.29 is 4.74 Å². The van der Waals surface area contributed by atoms with Crippen LogP contribution in [0.5, 0.6) is 5.75 Å². The third-order valence-electron chi connectivity index (χ3n) is 2.80. The molecule has 0 aliphatic carbocycles. The minimum Gasteiger partial charge on any atom is -0.496 e. The molecule has 1 unspecified atom stereocenters. The molecule has 0 saturated carbocycles. The monoisotopic (exact) mass is 265 g/mol. The van der Waals surface area contributed by atoms with E-state index < -0.39 is 0 Å². The summed E-state index contributed by atoms with van der Waals surface area (Å²) in [6, 6.07) is 5.59. The lowest BCUT2D eigenvalue weighted by molar-refractivity contribution is 0.406. The normalized spacial score (nSPS) is 12.5. The van der Waals surface area contributed by atoms with Crippen molar-refractivity contribution in [2.45, 2.75) is 19.9 Å². The molecule has 96 valence electrons. The highest BCUT2D eigenvalue weighted by Gasteiger charge is 2.15. The number of benzene rings is 1. The molecule has 0 bridgehead atoms. The van der Waals surface area contributed by atoms with Crippen LogP contribution in [0.1, 0.15) is 24.2 Å². The molecule has 2 N–H and O–H groups in total. The Bertz CT molecular complexity index is 544. The fourth-order valence-corrected chi connectivity index (χ4v) is 2.06. The largest absolute Gasteiger partial charge is 0.496 e. The van der Waals surface area contributed by atoms with Crippen LogP contribution >= 0.6 is 11.6 Å². The molecular weight excluding hydrogens is 250 g/mol. The van der Waals surface area contributed by atoms with E-state index in [9.17, 15) is 0 Å². The highest BCUT2D eigenvalue weighted by atomic mass is 35.5. The number of halogens is 1. The van der Waals surface area contributed by atoms with Crippen LogP contribution in [0.15, 0.2) is 24.4 Å². The molecule has 1 aromatic carbocycles. The van der Waals surface area contributed by atoms with Gasteiger partial charge in [0.2, 0.25) is 0 Å². The summed E-state index contributed by atoms with van der Waals surface area (Å²) in [5, 5.41) is 5.01. The van der Waals surface area contributed by atoms with Gasteiger partial charge in [-0.25, -0.2) is 4.68 Å². The number of hydrogen-bond donors (Lipinski definition) is 1. The summed E-state index contributed by atoms with van der Waals surface area (Å²) >= 11 is 6.04. The summed E-state index contributed by atoms with van der Waals surface area (Å²) in [6.45, 7) is 3.78. The van der Waals surface area contributed by atoms with Gasteiger partial charge < -0.3 is 10.5 Å². The highest BCUT2D eigenvalue weighted by molar-refractivity contribution is 6.31. The van der Waals surface area contributed by atoms with E-state index in [1.165, 1.54) is 0 Å². The zero-order valence-electron chi connectivity index (χ0n) is 10.6. The lowest BCUT2D eigenvalue weighted by Gasteiger charge is -2.16. The molecule has 1 aromatic heterocycles. The topological polar surface area (TPSA) is 53.1 Å². The van der Waals surface area contributed by atoms with Gasteiger partial charge in [0, 0.05) is 17.8 Å². The predicted octanol–water partition coefficient (Wildman–Crippen LogP) is 2.86. The fourth-order valence-electron chi connectivity index (χ4n) is 1.93. The van der Waals surface area contributed by atoms with Crippen molar-refractivity contribution in [2.24, 2.45) is 5.73 Å². The Balaban J connectivity index is 2.63. The summed E-state index contributed by atoms with van der Waals surface area (Å²) in [6.07, 6.45) is 1.78. The number of ether oxygens (including phenoxy) is 1. The number of rotatable bonds is 3. The Morgan fingerprint density at radius 3 is 2.67 bits per heavy atom. The van der Waals surface area contributed by atoms with E-state index in [-0.39, 0.29) is 6.04 Å². The molecular formula is C13H16ClN3O. The third-order valence-corrected chi connectivity index (χ3v) is 3.18. The fraction of sp³-hybridized carbons (Fsp3) is 0.308. The summed E-state index contributed by atoms with van der Waals surface area (Å²) < 4.78 is 7.09. The van der Waals surface area contributed by atoms with Crippen LogP contribution in [0.25, 0.3) is 5.69 Å².